The van der Waals surface area contributed by atoms with E-state index in [0.717, 1.165) is 5.56 Å². The van der Waals surface area contributed by atoms with Gasteiger partial charge in [-0.05, 0) is 11.6 Å². The Hall–Kier alpha value is -0.890. The lowest BCUT2D eigenvalue weighted by atomic mass is 9.85. The van der Waals surface area contributed by atoms with E-state index in [9.17, 15) is 4.39 Å². The summed E-state index contributed by atoms with van der Waals surface area (Å²) < 4.78 is 12.7. The lowest BCUT2D eigenvalue weighted by Gasteiger charge is -2.25. The van der Waals surface area contributed by atoms with Gasteiger partial charge in [0.2, 0.25) is 0 Å². The van der Waals surface area contributed by atoms with Crippen LogP contribution in [0.2, 0.25) is 0 Å². The van der Waals surface area contributed by atoms with E-state index >= 15 is 0 Å². The van der Waals surface area contributed by atoms with Crippen LogP contribution in [0.1, 0.15) is 17.2 Å². The molecule has 52 valence electrons. The van der Waals surface area contributed by atoms with Gasteiger partial charge in [-0.1, -0.05) is 12.1 Å². The largest absolute Gasteiger partial charge is 0.388 e. The molecule has 1 aromatic rings. The summed E-state index contributed by atoms with van der Waals surface area (Å²) in [5, 5.41) is 9.04. The quantitative estimate of drug-likeness (QED) is 0.574. The molecule has 0 saturated heterocycles. The fourth-order valence-electron chi connectivity index (χ4n) is 1.31. The van der Waals surface area contributed by atoms with E-state index in [1.54, 1.807) is 6.07 Å². The predicted molar refractivity (Wildman–Crippen MR) is 35.1 cm³/mol. The van der Waals surface area contributed by atoms with E-state index < -0.39 is 6.10 Å². The van der Waals surface area contributed by atoms with Gasteiger partial charge in [-0.2, -0.15) is 0 Å². The molecular formula is C8H7FO. The molecule has 0 aliphatic heterocycles. The van der Waals surface area contributed by atoms with E-state index in [2.05, 4.69) is 0 Å². The van der Waals surface area contributed by atoms with Gasteiger partial charge < -0.3 is 5.11 Å². The molecule has 2 rings (SSSR count). The molecule has 1 atom stereocenters. The maximum Gasteiger partial charge on any atom is 0.129 e. The van der Waals surface area contributed by atoms with Crippen molar-refractivity contribution in [3.8, 4) is 0 Å². The van der Waals surface area contributed by atoms with Crippen LogP contribution >= 0.6 is 0 Å². The van der Waals surface area contributed by atoms with Gasteiger partial charge in [0.25, 0.3) is 0 Å². The Balaban J connectivity index is 2.58. The average Bonchev–Trinajstić information content (AvgIpc) is 1.85. The van der Waals surface area contributed by atoms with Gasteiger partial charge in [0.05, 0.1) is 6.10 Å². The molecule has 1 aromatic carbocycles. The first-order chi connectivity index (χ1) is 4.79. The first-order valence-electron chi connectivity index (χ1n) is 3.24. The summed E-state index contributed by atoms with van der Waals surface area (Å²) in [7, 11) is 0. The highest BCUT2D eigenvalue weighted by atomic mass is 19.1. The van der Waals surface area contributed by atoms with Crippen molar-refractivity contribution in [1.82, 2.24) is 0 Å². The van der Waals surface area contributed by atoms with Gasteiger partial charge in [0.15, 0.2) is 0 Å². The summed E-state index contributed by atoms with van der Waals surface area (Å²) in [4.78, 5) is 0. The predicted octanol–water partition coefficient (Wildman–Crippen LogP) is 1.42. The van der Waals surface area contributed by atoms with Crippen molar-refractivity contribution in [3.05, 3.63) is 35.1 Å². The number of halogens is 1. The topological polar surface area (TPSA) is 20.2 Å². The number of hydrogen-bond donors (Lipinski definition) is 1. The number of aliphatic hydroxyl groups excluding tert-OH is 1. The standard InChI is InChI=1S/C8H7FO/c9-6-3-1-2-5-4-7(10)8(5)6/h1-3,7,10H,4H2/t7-/m0/s1. The van der Waals surface area contributed by atoms with Crippen molar-refractivity contribution >= 4 is 0 Å². The SMILES string of the molecule is O[C@H]1Cc2cccc(F)c21. The van der Waals surface area contributed by atoms with Crippen LogP contribution < -0.4 is 0 Å². The molecule has 1 N–H and O–H groups in total. The first kappa shape index (κ1) is 5.86. The molecule has 1 aliphatic carbocycles. The summed E-state index contributed by atoms with van der Waals surface area (Å²) in [6, 6.07) is 4.88. The van der Waals surface area contributed by atoms with Crippen LogP contribution in [-0.2, 0) is 6.42 Å². The number of aliphatic hydroxyl groups is 1. The maximum absolute atomic E-state index is 12.7. The smallest absolute Gasteiger partial charge is 0.129 e. The van der Waals surface area contributed by atoms with Crippen LogP contribution in [0, 0.1) is 5.82 Å². The highest BCUT2D eigenvalue weighted by molar-refractivity contribution is 5.38. The number of hydrogen-bond acceptors (Lipinski definition) is 1. The van der Waals surface area contributed by atoms with Crippen molar-refractivity contribution in [2.75, 3.05) is 0 Å². The third kappa shape index (κ3) is 0.596. The van der Waals surface area contributed by atoms with Crippen LogP contribution in [0.15, 0.2) is 18.2 Å². The molecule has 0 aromatic heterocycles. The molecule has 0 saturated carbocycles. The van der Waals surface area contributed by atoms with Crippen LogP contribution in [0.25, 0.3) is 0 Å². The summed E-state index contributed by atoms with van der Waals surface area (Å²) >= 11 is 0. The molecule has 1 aliphatic rings. The van der Waals surface area contributed by atoms with Crippen molar-refractivity contribution < 1.29 is 9.50 Å². The van der Waals surface area contributed by atoms with E-state index in [1.165, 1.54) is 6.07 Å². The van der Waals surface area contributed by atoms with E-state index in [0.29, 0.717) is 12.0 Å². The fourth-order valence-corrected chi connectivity index (χ4v) is 1.31. The Labute approximate surface area is 58.1 Å². The zero-order chi connectivity index (χ0) is 7.14. The number of benzene rings is 1. The first-order valence-corrected chi connectivity index (χ1v) is 3.24. The Morgan fingerprint density at radius 3 is 2.80 bits per heavy atom. The molecular weight excluding hydrogens is 131 g/mol. The van der Waals surface area contributed by atoms with Crippen molar-refractivity contribution in [2.45, 2.75) is 12.5 Å². The summed E-state index contributed by atoms with van der Waals surface area (Å²) in [5.41, 5.74) is 1.43. The van der Waals surface area contributed by atoms with E-state index in [-0.39, 0.29) is 5.82 Å². The normalized spacial score (nSPS) is 21.6. The molecule has 1 nitrogen and oxygen atoms in total. The molecule has 10 heavy (non-hydrogen) atoms. The molecule has 2 heteroatoms. The van der Waals surface area contributed by atoms with Gasteiger partial charge in [-0.15, -0.1) is 0 Å². The van der Waals surface area contributed by atoms with Gasteiger partial charge in [0, 0.05) is 12.0 Å². The molecule has 0 bridgehead atoms. The summed E-state index contributed by atoms with van der Waals surface area (Å²) in [6.07, 6.45) is 0.0452. The van der Waals surface area contributed by atoms with Crippen LogP contribution in [0.3, 0.4) is 0 Å². The van der Waals surface area contributed by atoms with Gasteiger partial charge >= 0.3 is 0 Å². The van der Waals surface area contributed by atoms with Crippen molar-refractivity contribution in [1.29, 1.82) is 0 Å². The highest BCUT2D eigenvalue weighted by Gasteiger charge is 2.26. The Morgan fingerprint density at radius 2 is 2.30 bits per heavy atom. The summed E-state index contributed by atoms with van der Waals surface area (Å²) in [6.45, 7) is 0. The average molecular weight is 138 g/mol. The zero-order valence-corrected chi connectivity index (χ0v) is 5.34. The third-order valence-electron chi connectivity index (χ3n) is 1.89. The molecule has 0 radical (unpaired) electrons. The Morgan fingerprint density at radius 1 is 1.50 bits per heavy atom. The summed E-state index contributed by atoms with van der Waals surface area (Å²) in [5.74, 6) is -0.281. The monoisotopic (exact) mass is 138 g/mol. The van der Waals surface area contributed by atoms with Gasteiger partial charge in [-0.3, -0.25) is 0 Å². The van der Waals surface area contributed by atoms with E-state index in [4.69, 9.17) is 5.11 Å². The molecule has 0 spiro atoms. The van der Waals surface area contributed by atoms with Crippen LogP contribution in [0.5, 0.6) is 0 Å². The maximum atomic E-state index is 12.7. The molecule has 0 unspecified atom stereocenters. The minimum atomic E-state index is -0.559. The second-order valence-corrected chi connectivity index (χ2v) is 2.53. The highest BCUT2D eigenvalue weighted by Crippen LogP contribution is 2.34. The zero-order valence-electron chi connectivity index (χ0n) is 5.34. The second kappa shape index (κ2) is 1.80. The second-order valence-electron chi connectivity index (χ2n) is 2.53. The minimum Gasteiger partial charge on any atom is -0.388 e. The Kier molecular flexibility index (Phi) is 1.05. The van der Waals surface area contributed by atoms with E-state index in [1.807, 2.05) is 6.07 Å². The van der Waals surface area contributed by atoms with Gasteiger partial charge in [-0.25, -0.2) is 4.39 Å². The van der Waals surface area contributed by atoms with Crippen LogP contribution in [-0.4, -0.2) is 5.11 Å². The third-order valence-corrected chi connectivity index (χ3v) is 1.89. The fraction of sp³-hybridized carbons (Fsp3) is 0.250. The number of fused-ring (bicyclic) bond motifs is 1. The molecule has 0 fully saturated rings. The van der Waals surface area contributed by atoms with Crippen molar-refractivity contribution in [2.24, 2.45) is 0 Å². The molecule has 0 amide bonds. The van der Waals surface area contributed by atoms with Crippen molar-refractivity contribution in [3.63, 3.8) is 0 Å². The minimum absolute atomic E-state index is 0.281. The molecule has 0 heterocycles. The van der Waals surface area contributed by atoms with Gasteiger partial charge in [0.1, 0.15) is 5.82 Å². The Bertz CT molecular complexity index is 256. The lowest BCUT2D eigenvalue weighted by Crippen LogP contribution is -2.18. The number of rotatable bonds is 0. The van der Waals surface area contributed by atoms with Crippen LogP contribution in [0.4, 0.5) is 4.39 Å². The lowest BCUT2D eigenvalue weighted by molar-refractivity contribution is 0.148.